The molecular formula is C19H19F3N4O. The Morgan fingerprint density at radius 3 is 2.63 bits per heavy atom. The first-order valence-electron chi connectivity index (χ1n) is 8.42. The summed E-state index contributed by atoms with van der Waals surface area (Å²) in [5.41, 5.74) is 1.31. The number of rotatable bonds is 7. The number of nitrogens with zero attached hydrogens (tertiary/aromatic N) is 3. The van der Waals surface area contributed by atoms with Crippen molar-refractivity contribution in [3.8, 4) is 6.07 Å². The van der Waals surface area contributed by atoms with Crippen molar-refractivity contribution in [1.82, 2.24) is 9.55 Å². The van der Waals surface area contributed by atoms with Crippen LogP contribution in [0.25, 0.3) is 6.08 Å². The maximum atomic E-state index is 12.6. The van der Waals surface area contributed by atoms with Crippen LogP contribution in [0.5, 0.6) is 0 Å². The first-order valence-corrected chi connectivity index (χ1v) is 8.42. The molecule has 1 N–H and O–H groups in total. The predicted octanol–water partition coefficient (Wildman–Crippen LogP) is 4.33. The van der Waals surface area contributed by atoms with Crippen LogP contribution in [0.4, 0.5) is 18.9 Å². The van der Waals surface area contributed by atoms with Crippen molar-refractivity contribution in [1.29, 1.82) is 5.26 Å². The van der Waals surface area contributed by atoms with Crippen molar-refractivity contribution < 1.29 is 18.0 Å². The lowest BCUT2D eigenvalue weighted by Crippen LogP contribution is -2.18. The van der Waals surface area contributed by atoms with Gasteiger partial charge >= 0.3 is 6.18 Å². The Morgan fingerprint density at radius 1 is 1.33 bits per heavy atom. The van der Waals surface area contributed by atoms with Gasteiger partial charge in [-0.2, -0.15) is 18.4 Å². The van der Waals surface area contributed by atoms with E-state index in [0.29, 0.717) is 5.69 Å². The smallest absolute Gasteiger partial charge is 0.322 e. The SMILES string of the molecule is CCCCc1ccc(NC(=O)/C(C#N)=C\c2nccn2CC(F)(F)F)cc1. The predicted molar refractivity (Wildman–Crippen MR) is 95.6 cm³/mol. The van der Waals surface area contributed by atoms with Gasteiger partial charge in [-0.3, -0.25) is 4.79 Å². The number of alkyl halides is 3. The van der Waals surface area contributed by atoms with E-state index in [2.05, 4.69) is 17.2 Å². The number of carbonyl (C=O) groups excluding carboxylic acids is 1. The molecule has 0 saturated heterocycles. The number of nitriles is 1. The Balaban J connectivity index is 2.11. The number of hydrogen-bond acceptors (Lipinski definition) is 3. The zero-order valence-electron chi connectivity index (χ0n) is 14.8. The van der Waals surface area contributed by atoms with E-state index in [9.17, 15) is 23.2 Å². The van der Waals surface area contributed by atoms with Crippen LogP contribution in [0, 0.1) is 11.3 Å². The lowest BCUT2D eigenvalue weighted by atomic mass is 10.1. The van der Waals surface area contributed by atoms with E-state index in [1.54, 1.807) is 18.2 Å². The average molecular weight is 376 g/mol. The number of aromatic nitrogens is 2. The second-order valence-corrected chi connectivity index (χ2v) is 5.95. The number of carbonyl (C=O) groups is 1. The lowest BCUT2D eigenvalue weighted by molar-refractivity contribution is -0.140. The Hall–Kier alpha value is -3.08. The molecule has 142 valence electrons. The second kappa shape index (κ2) is 9.03. The molecular weight excluding hydrogens is 357 g/mol. The Labute approximate surface area is 155 Å². The van der Waals surface area contributed by atoms with Gasteiger partial charge in [-0.25, -0.2) is 4.98 Å². The van der Waals surface area contributed by atoms with Crippen LogP contribution in [-0.2, 0) is 17.8 Å². The third-order valence-electron chi connectivity index (χ3n) is 3.77. The normalized spacial score (nSPS) is 11.9. The van der Waals surface area contributed by atoms with E-state index in [1.807, 2.05) is 12.1 Å². The third kappa shape index (κ3) is 6.29. The van der Waals surface area contributed by atoms with Crippen LogP contribution in [-0.4, -0.2) is 21.6 Å². The van der Waals surface area contributed by atoms with Gasteiger partial charge in [0.1, 0.15) is 24.0 Å². The maximum Gasteiger partial charge on any atom is 0.406 e. The summed E-state index contributed by atoms with van der Waals surface area (Å²) in [6, 6.07) is 8.93. The van der Waals surface area contributed by atoms with Gasteiger partial charge in [-0.15, -0.1) is 0 Å². The summed E-state index contributed by atoms with van der Waals surface area (Å²) in [7, 11) is 0. The molecule has 0 aliphatic heterocycles. The van der Waals surface area contributed by atoms with E-state index in [-0.39, 0.29) is 11.4 Å². The first-order chi connectivity index (χ1) is 12.8. The molecule has 27 heavy (non-hydrogen) atoms. The fraction of sp³-hybridized carbons (Fsp3) is 0.316. The highest BCUT2D eigenvalue weighted by atomic mass is 19.4. The van der Waals surface area contributed by atoms with E-state index in [0.717, 1.165) is 41.7 Å². The van der Waals surface area contributed by atoms with Gasteiger partial charge in [-0.1, -0.05) is 25.5 Å². The van der Waals surface area contributed by atoms with Crippen LogP contribution >= 0.6 is 0 Å². The van der Waals surface area contributed by atoms with Gasteiger partial charge in [0.2, 0.25) is 0 Å². The minimum absolute atomic E-state index is 0.117. The van der Waals surface area contributed by atoms with Crippen LogP contribution in [0.1, 0.15) is 31.2 Å². The number of amides is 1. The van der Waals surface area contributed by atoms with Crippen molar-refractivity contribution in [3.63, 3.8) is 0 Å². The summed E-state index contributed by atoms with van der Waals surface area (Å²) in [5, 5.41) is 11.8. The molecule has 5 nitrogen and oxygen atoms in total. The topological polar surface area (TPSA) is 70.7 Å². The Bertz CT molecular complexity index is 845. The summed E-state index contributed by atoms with van der Waals surface area (Å²) in [4.78, 5) is 16.0. The number of unbranched alkanes of at least 4 members (excludes halogenated alkanes) is 1. The van der Waals surface area contributed by atoms with Crippen LogP contribution in [0.2, 0.25) is 0 Å². The van der Waals surface area contributed by atoms with Crippen molar-refractivity contribution in [3.05, 3.63) is 53.6 Å². The second-order valence-electron chi connectivity index (χ2n) is 5.95. The molecule has 0 aliphatic rings. The molecule has 0 unspecified atom stereocenters. The molecule has 0 radical (unpaired) electrons. The number of hydrogen-bond donors (Lipinski definition) is 1. The molecule has 0 spiro atoms. The van der Waals surface area contributed by atoms with E-state index >= 15 is 0 Å². The minimum atomic E-state index is -4.43. The number of aryl methyl sites for hydroxylation is 1. The maximum absolute atomic E-state index is 12.6. The molecule has 0 saturated carbocycles. The third-order valence-corrected chi connectivity index (χ3v) is 3.77. The highest BCUT2D eigenvalue weighted by Crippen LogP contribution is 2.19. The minimum Gasteiger partial charge on any atom is -0.322 e. The summed E-state index contributed by atoms with van der Waals surface area (Å²) < 4.78 is 38.5. The van der Waals surface area contributed by atoms with Crippen LogP contribution in [0.15, 0.2) is 42.2 Å². The first kappa shape index (κ1) is 20.2. The highest BCUT2D eigenvalue weighted by Gasteiger charge is 2.28. The largest absolute Gasteiger partial charge is 0.406 e. The van der Waals surface area contributed by atoms with Crippen molar-refractivity contribution in [2.24, 2.45) is 0 Å². The van der Waals surface area contributed by atoms with Crippen LogP contribution < -0.4 is 5.32 Å². The molecule has 0 bridgehead atoms. The summed E-state index contributed by atoms with van der Waals surface area (Å²) in [6.07, 6.45) is 2.02. The van der Waals surface area contributed by atoms with E-state index in [4.69, 9.17) is 0 Å². The van der Waals surface area contributed by atoms with Gasteiger partial charge in [0.05, 0.1) is 0 Å². The Kier molecular flexibility index (Phi) is 6.77. The molecule has 1 heterocycles. The van der Waals surface area contributed by atoms with Crippen molar-refractivity contribution >= 4 is 17.7 Å². The van der Waals surface area contributed by atoms with E-state index < -0.39 is 18.6 Å². The van der Waals surface area contributed by atoms with Gasteiger partial charge < -0.3 is 9.88 Å². The number of benzene rings is 1. The lowest BCUT2D eigenvalue weighted by Gasteiger charge is -2.09. The van der Waals surface area contributed by atoms with Gasteiger partial charge in [0.25, 0.3) is 5.91 Å². The molecule has 1 aromatic heterocycles. The fourth-order valence-corrected chi connectivity index (χ4v) is 2.40. The molecule has 1 amide bonds. The van der Waals surface area contributed by atoms with Crippen molar-refractivity contribution in [2.75, 3.05) is 5.32 Å². The summed E-state index contributed by atoms with van der Waals surface area (Å²) in [6.45, 7) is 0.850. The van der Waals surface area contributed by atoms with Gasteiger partial charge in [0, 0.05) is 24.2 Å². The molecule has 8 heteroatoms. The fourth-order valence-electron chi connectivity index (χ4n) is 2.40. The zero-order valence-corrected chi connectivity index (χ0v) is 14.8. The molecule has 0 atom stereocenters. The molecule has 2 rings (SSSR count). The molecule has 2 aromatic rings. The quantitative estimate of drug-likeness (QED) is 0.577. The van der Waals surface area contributed by atoms with E-state index in [1.165, 1.54) is 6.20 Å². The van der Waals surface area contributed by atoms with Crippen molar-refractivity contribution in [2.45, 2.75) is 38.9 Å². The highest BCUT2D eigenvalue weighted by molar-refractivity contribution is 6.09. The molecule has 0 aliphatic carbocycles. The number of nitrogens with one attached hydrogen (secondary N) is 1. The molecule has 1 aromatic carbocycles. The average Bonchev–Trinajstić information content (AvgIpc) is 3.03. The number of imidazole rings is 1. The summed E-state index contributed by atoms with van der Waals surface area (Å²) >= 11 is 0. The van der Waals surface area contributed by atoms with Gasteiger partial charge in [0.15, 0.2) is 0 Å². The Morgan fingerprint density at radius 2 is 2.04 bits per heavy atom. The zero-order chi connectivity index (χ0) is 19.9. The van der Waals surface area contributed by atoms with Gasteiger partial charge in [-0.05, 0) is 30.5 Å². The van der Waals surface area contributed by atoms with Crippen LogP contribution in [0.3, 0.4) is 0 Å². The number of anilines is 1. The standard InChI is InChI=1S/C19H19F3N4O/c1-2-3-4-14-5-7-16(8-6-14)25-18(27)15(12-23)11-17-24-9-10-26(17)13-19(20,21)22/h5-11H,2-4,13H2,1H3,(H,25,27)/b15-11-. The molecule has 0 fully saturated rings. The monoisotopic (exact) mass is 376 g/mol. The number of halogens is 3. The summed E-state index contributed by atoms with van der Waals surface area (Å²) in [5.74, 6) is -0.825.